The van der Waals surface area contributed by atoms with E-state index in [1.165, 1.54) is 0 Å². The van der Waals surface area contributed by atoms with E-state index in [2.05, 4.69) is 0 Å². The highest BCUT2D eigenvalue weighted by Crippen LogP contribution is 2.46. The summed E-state index contributed by atoms with van der Waals surface area (Å²) in [6.07, 6.45) is 4.64. The van der Waals surface area contributed by atoms with Gasteiger partial charge in [-0.15, -0.1) is 0 Å². The number of rotatable bonds is 3. The van der Waals surface area contributed by atoms with Crippen LogP contribution in [0.15, 0.2) is 53.1 Å². The molecule has 1 amide bonds. The highest BCUT2D eigenvalue weighted by atomic mass is 16.4. The van der Waals surface area contributed by atoms with E-state index in [0.29, 0.717) is 18.6 Å². The fraction of sp³-hybridized carbons (Fsp3) is 0.450. The lowest BCUT2D eigenvalue weighted by atomic mass is 9.83. The molecule has 126 valence electrons. The maximum atomic E-state index is 13.1. The van der Waals surface area contributed by atoms with Gasteiger partial charge in [-0.05, 0) is 37.5 Å². The van der Waals surface area contributed by atoms with Crippen molar-refractivity contribution in [2.24, 2.45) is 0 Å². The van der Waals surface area contributed by atoms with Gasteiger partial charge in [0.05, 0.1) is 12.2 Å². The van der Waals surface area contributed by atoms with Crippen LogP contribution >= 0.6 is 0 Å². The molecule has 2 fully saturated rings. The van der Waals surface area contributed by atoms with Crippen LogP contribution < -0.4 is 0 Å². The first-order chi connectivity index (χ1) is 11.6. The van der Waals surface area contributed by atoms with Gasteiger partial charge in [0.25, 0.3) is 0 Å². The summed E-state index contributed by atoms with van der Waals surface area (Å²) in [5.41, 5.74) is 0.107. The van der Waals surface area contributed by atoms with Crippen molar-refractivity contribution in [3.8, 4) is 0 Å². The molecule has 4 atom stereocenters. The number of aliphatic hydroxyl groups is 1. The van der Waals surface area contributed by atoms with Gasteiger partial charge in [-0.1, -0.05) is 30.3 Å². The van der Waals surface area contributed by atoms with Crippen LogP contribution in [0.1, 0.15) is 49.8 Å². The van der Waals surface area contributed by atoms with Crippen molar-refractivity contribution in [1.29, 1.82) is 0 Å². The van der Waals surface area contributed by atoms with Crippen LogP contribution in [0.2, 0.25) is 0 Å². The zero-order chi connectivity index (χ0) is 16.7. The lowest BCUT2D eigenvalue weighted by molar-refractivity contribution is -0.144. The molecule has 4 heteroatoms. The number of furan rings is 1. The summed E-state index contributed by atoms with van der Waals surface area (Å²) in [7, 11) is 0. The molecule has 2 aliphatic rings. The summed E-state index contributed by atoms with van der Waals surface area (Å²) in [4.78, 5) is 15.1. The molecule has 4 nitrogen and oxygen atoms in total. The SMILES string of the molecule is C[C@H](C(=O)N1[C@@H]2CC[C@H]1CC(O)(c1ccco1)C2)c1ccccc1. The molecule has 1 aromatic heterocycles. The molecule has 0 aliphatic carbocycles. The van der Waals surface area contributed by atoms with Gasteiger partial charge in [-0.3, -0.25) is 4.79 Å². The van der Waals surface area contributed by atoms with E-state index in [1.807, 2.05) is 54.3 Å². The molecule has 1 unspecified atom stereocenters. The molecule has 0 radical (unpaired) electrons. The normalized spacial score (nSPS) is 30.3. The lowest BCUT2D eigenvalue weighted by Gasteiger charge is -2.43. The van der Waals surface area contributed by atoms with Crippen molar-refractivity contribution in [2.75, 3.05) is 0 Å². The average Bonchev–Trinajstić information content (AvgIpc) is 3.23. The smallest absolute Gasteiger partial charge is 0.230 e. The Bertz CT molecular complexity index is 696. The fourth-order valence-corrected chi connectivity index (χ4v) is 4.44. The van der Waals surface area contributed by atoms with E-state index in [4.69, 9.17) is 4.42 Å². The monoisotopic (exact) mass is 325 g/mol. The van der Waals surface area contributed by atoms with Crippen molar-refractivity contribution in [2.45, 2.75) is 56.2 Å². The summed E-state index contributed by atoms with van der Waals surface area (Å²) in [6, 6.07) is 13.8. The summed E-state index contributed by atoms with van der Waals surface area (Å²) in [6.45, 7) is 1.98. The molecule has 0 saturated carbocycles. The Morgan fingerprint density at radius 3 is 2.42 bits per heavy atom. The van der Waals surface area contributed by atoms with Crippen LogP contribution in [0.5, 0.6) is 0 Å². The summed E-state index contributed by atoms with van der Waals surface area (Å²) >= 11 is 0. The van der Waals surface area contributed by atoms with Gasteiger partial charge < -0.3 is 14.4 Å². The number of amides is 1. The number of carbonyl (C=O) groups is 1. The van der Waals surface area contributed by atoms with Gasteiger partial charge in [0.2, 0.25) is 5.91 Å². The maximum absolute atomic E-state index is 13.1. The summed E-state index contributed by atoms with van der Waals surface area (Å²) in [5.74, 6) is 0.655. The minimum atomic E-state index is -0.942. The van der Waals surface area contributed by atoms with Gasteiger partial charge in [0, 0.05) is 24.9 Å². The second-order valence-corrected chi connectivity index (χ2v) is 7.18. The third kappa shape index (κ3) is 2.46. The number of piperidine rings is 1. The van der Waals surface area contributed by atoms with Crippen molar-refractivity contribution >= 4 is 5.91 Å². The van der Waals surface area contributed by atoms with E-state index in [9.17, 15) is 9.90 Å². The Labute approximate surface area is 142 Å². The van der Waals surface area contributed by atoms with E-state index < -0.39 is 5.60 Å². The van der Waals surface area contributed by atoms with E-state index in [1.54, 1.807) is 6.26 Å². The molecule has 4 rings (SSSR count). The van der Waals surface area contributed by atoms with Crippen molar-refractivity contribution in [3.63, 3.8) is 0 Å². The standard InChI is InChI=1S/C20H23NO3/c1-14(15-6-3-2-4-7-15)19(22)21-16-9-10-17(21)13-20(23,12-16)18-8-5-11-24-18/h2-8,11,14,16-17,23H,9-10,12-13H2,1H3/t14-,16-,17+,20?/m0/s1. The van der Waals surface area contributed by atoms with E-state index in [-0.39, 0.29) is 23.9 Å². The number of benzene rings is 1. The first-order valence-corrected chi connectivity index (χ1v) is 8.72. The van der Waals surface area contributed by atoms with Crippen LogP contribution in [-0.4, -0.2) is 28.0 Å². The minimum Gasteiger partial charge on any atom is -0.466 e. The molecular formula is C20H23NO3. The van der Waals surface area contributed by atoms with Crippen LogP contribution in [0, 0.1) is 0 Å². The summed E-state index contributed by atoms with van der Waals surface area (Å²) < 4.78 is 5.46. The number of fused-ring (bicyclic) bond motifs is 2. The first kappa shape index (κ1) is 15.5. The largest absolute Gasteiger partial charge is 0.466 e. The Morgan fingerprint density at radius 1 is 1.17 bits per heavy atom. The van der Waals surface area contributed by atoms with E-state index in [0.717, 1.165) is 18.4 Å². The minimum absolute atomic E-state index is 0.0949. The predicted molar refractivity (Wildman–Crippen MR) is 90.4 cm³/mol. The van der Waals surface area contributed by atoms with Crippen LogP contribution in [0.25, 0.3) is 0 Å². The number of hydrogen-bond acceptors (Lipinski definition) is 3. The van der Waals surface area contributed by atoms with Crippen molar-refractivity contribution in [3.05, 3.63) is 60.1 Å². The third-order valence-electron chi connectivity index (χ3n) is 5.67. The number of nitrogens with zero attached hydrogens (tertiary/aromatic N) is 1. The lowest BCUT2D eigenvalue weighted by Crippen LogP contribution is -2.52. The third-order valence-corrected chi connectivity index (χ3v) is 5.67. The average molecular weight is 325 g/mol. The Hall–Kier alpha value is -2.07. The predicted octanol–water partition coefficient (Wildman–Crippen LogP) is 3.42. The molecule has 1 aromatic carbocycles. The number of hydrogen-bond donors (Lipinski definition) is 1. The maximum Gasteiger partial charge on any atom is 0.230 e. The number of carbonyl (C=O) groups excluding carboxylic acids is 1. The Balaban J connectivity index is 1.55. The molecule has 1 N–H and O–H groups in total. The first-order valence-electron chi connectivity index (χ1n) is 8.72. The molecule has 24 heavy (non-hydrogen) atoms. The Morgan fingerprint density at radius 2 is 1.83 bits per heavy atom. The van der Waals surface area contributed by atoms with Gasteiger partial charge in [0.15, 0.2) is 0 Å². The van der Waals surface area contributed by atoms with Gasteiger partial charge in [-0.2, -0.15) is 0 Å². The highest BCUT2D eigenvalue weighted by molar-refractivity contribution is 5.84. The van der Waals surface area contributed by atoms with Crippen LogP contribution in [-0.2, 0) is 10.4 Å². The summed E-state index contributed by atoms with van der Waals surface area (Å²) in [5, 5.41) is 11.0. The van der Waals surface area contributed by atoms with Gasteiger partial charge in [0.1, 0.15) is 11.4 Å². The van der Waals surface area contributed by atoms with Crippen LogP contribution in [0.4, 0.5) is 0 Å². The fourth-order valence-electron chi connectivity index (χ4n) is 4.44. The van der Waals surface area contributed by atoms with E-state index >= 15 is 0 Å². The molecular weight excluding hydrogens is 302 g/mol. The topological polar surface area (TPSA) is 53.7 Å². The second kappa shape index (κ2) is 5.78. The zero-order valence-corrected chi connectivity index (χ0v) is 13.9. The van der Waals surface area contributed by atoms with Crippen LogP contribution in [0.3, 0.4) is 0 Å². The van der Waals surface area contributed by atoms with Gasteiger partial charge in [-0.25, -0.2) is 0 Å². The zero-order valence-electron chi connectivity index (χ0n) is 13.9. The molecule has 3 heterocycles. The highest BCUT2D eigenvalue weighted by Gasteiger charge is 2.51. The molecule has 2 bridgehead atoms. The quantitative estimate of drug-likeness (QED) is 0.941. The van der Waals surface area contributed by atoms with Crippen molar-refractivity contribution in [1.82, 2.24) is 4.90 Å². The second-order valence-electron chi connectivity index (χ2n) is 7.18. The Kier molecular flexibility index (Phi) is 3.72. The molecule has 2 aromatic rings. The van der Waals surface area contributed by atoms with Crippen molar-refractivity contribution < 1.29 is 14.3 Å². The molecule has 2 aliphatic heterocycles. The molecule has 2 saturated heterocycles. The van der Waals surface area contributed by atoms with Gasteiger partial charge >= 0.3 is 0 Å². The molecule has 0 spiro atoms.